The van der Waals surface area contributed by atoms with Crippen LogP contribution in [0.25, 0.3) is 11.4 Å². The molecule has 0 atom stereocenters. The molecule has 27 heavy (non-hydrogen) atoms. The second-order valence-electron chi connectivity index (χ2n) is 5.52. The molecule has 1 heterocycles. The van der Waals surface area contributed by atoms with Gasteiger partial charge in [0.05, 0.1) is 10.8 Å². The molecule has 3 aromatic rings. The van der Waals surface area contributed by atoms with Crippen molar-refractivity contribution < 1.29 is 4.79 Å². The Balaban J connectivity index is 1.68. The summed E-state index contributed by atoms with van der Waals surface area (Å²) in [5.74, 6) is 0.820. The van der Waals surface area contributed by atoms with Crippen LogP contribution in [0.3, 0.4) is 0 Å². The predicted octanol–water partition coefficient (Wildman–Crippen LogP) is 5.77. The van der Waals surface area contributed by atoms with Gasteiger partial charge in [0.2, 0.25) is 5.91 Å². The van der Waals surface area contributed by atoms with E-state index in [2.05, 4.69) is 31.4 Å². The van der Waals surface area contributed by atoms with Crippen LogP contribution in [0.5, 0.6) is 0 Å². The Hall–Kier alpha value is -1.54. The minimum Gasteiger partial charge on any atom is -0.325 e. The fourth-order valence-electron chi connectivity index (χ4n) is 2.39. The predicted molar refractivity (Wildman–Crippen MR) is 115 cm³/mol. The lowest BCUT2D eigenvalue weighted by atomic mass is 10.2. The van der Waals surface area contributed by atoms with Gasteiger partial charge in [0, 0.05) is 27.3 Å². The minimum atomic E-state index is -0.142. The maximum absolute atomic E-state index is 12.2. The first kappa shape index (κ1) is 20.2. The number of hydrogen-bond donors (Lipinski definition) is 1. The van der Waals surface area contributed by atoms with E-state index in [4.69, 9.17) is 23.2 Å². The van der Waals surface area contributed by atoms with Gasteiger partial charge in [-0.05, 0) is 65.3 Å². The molecular weight excluding hydrogens is 471 g/mol. The Morgan fingerprint density at radius 2 is 1.93 bits per heavy atom. The van der Waals surface area contributed by atoms with Gasteiger partial charge < -0.3 is 9.88 Å². The number of hydrogen-bond acceptors (Lipinski definition) is 4. The molecule has 0 bridgehead atoms. The monoisotopic (exact) mass is 484 g/mol. The van der Waals surface area contributed by atoms with Crippen molar-refractivity contribution in [2.45, 2.75) is 18.6 Å². The molecule has 2 aromatic carbocycles. The van der Waals surface area contributed by atoms with Crippen LogP contribution in [-0.4, -0.2) is 26.4 Å². The van der Waals surface area contributed by atoms with Crippen LogP contribution in [0.15, 0.2) is 52.1 Å². The van der Waals surface area contributed by atoms with Gasteiger partial charge in [-0.3, -0.25) is 4.79 Å². The van der Waals surface area contributed by atoms with E-state index in [0.29, 0.717) is 27.4 Å². The lowest BCUT2D eigenvalue weighted by Crippen LogP contribution is -2.14. The molecule has 0 unspecified atom stereocenters. The van der Waals surface area contributed by atoms with Crippen LogP contribution in [0.4, 0.5) is 5.69 Å². The van der Waals surface area contributed by atoms with Crippen molar-refractivity contribution in [1.82, 2.24) is 14.8 Å². The second kappa shape index (κ2) is 9.10. The van der Waals surface area contributed by atoms with Crippen molar-refractivity contribution in [3.05, 3.63) is 57.0 Å². The standard InChI is InChI=1S/C18H15BrCl2N4OS/c1-2-25-17(11-3-5-12(20)6-4-11)23-24-18(25)27-10-16(26)22-13-7-8-14(19)15(21)9-13/h3-9H,2,10H2,1H3,(H,22,26). The zero-order valence-electron chi connectivity index (χ0n) is 14.2. The highest BCUT2D eigenvalue weighted by molar-refractivity contribution is 9.10. The maximum atomic E-state index is 12.2. The molecule has 0 aliphatic heterocycles. The zero-order valence-corrected chi connectivity index (χ0v) is 18.2. The molecule has 0 saturated heterocycles. The van der Waals surface area contributed by atoms with Gasteiger partial charge in [-0.2, -0.15) is 0 Å². The molecule has 9 heteroatoms. The van der Waals surface area contributed by atoms with E-state index in [-0.39, 0.29) is 11.7 Å². The second-order valence-corrected chi connectivity index (χ2v) is 8.16. The molecule has 1 N–H and O–H groups in total. The van der Waals surface area contributed by atoms with Crippen LogP contribution >= 0.6 is 50.9 Å². The number of halogens is 3. The fraction of sp³-hybridized carbons (Fsp3) is 0.167. The number of carbonyl (C=O) groups is 1. The molecule has 0 aliphatic rings. The summed E-state index contributed by atoms with van der Waals surface area (Å²) in [4.78, 5) is 12.2. The summed E-state index contributed by atoms with van der Waals surface area (Å²) < 4.78 is 2.75. The molecule has 1 amide bonds. The van der Waals surface area contributed by atoms with Crippen LogP contribution in [0.1, 0.15) is 6.92 Å². The van der Waals surface area contributed by atoms with E-state index in [0.717, 1.165) is 15.9 Å². The third kappa shape index (κ3) is 5.04. The first-order valence-electron chi connectivity index (χ1n) is 8.04. The largest absolute Gasteiger partial charge is 0.325 e. The Morgan fingerprint density at radius 1 is 1.19 bits per heavy atom. The van der Waals surface area contributed by atoms with E-state index >= 15 is 0 Å². The third-order valence-electron chi connectivity index (χ3n) is 3.67. The number of nitrogens with zero attached hydrogens (tertiary/aromatic N) is 3. The van der Waals surface area contributed by atoms with E-state index in [1.807, 2.05) is 35.8 Å². The van der Waals surface area contributed by atoms with Gasteiger partial charge in [-0.1, -0.05) is 35.0 Å². The Labute approximate surface area is 179 Å². The maximum Gasteiger partial charge on any atom is 0.234 e. The molecule has 0 saturated carbocycles. The van der Waals surface area contributed by atoms with Gasteiger partial charge in [0.15, 0.2) is 11.0 Å². The normalized spacial score (nSPS) is 10.8. The number of aromatic nitrogens is 3. The number of anilines is 1. The average Bonchev–Trinajstić information content (AvgIpc) is 3.06. The van der Waals surface area contributed by atoms with Gasteiger partial charge in [0.1, 0.15) is 0 Å². The van der Waals surface area contributed by atoms with E-state index in [1.165, 1.54) is 11.8 Å². The van der Waals surface area contributed by atoms with E-state index in [9.17, 15) is 4.79 Å². The number of carbonyl (C=O) groups excluding carboxylic acids is 1. The van der Waals surface area contributed by atoms with Gasteiger partial charge in [-0.25, -0.2) is 0 Å². The molecule has 0 radical (unpaired) electrons. The summed E-state index contributed by atoms with van der Waals surface area (Å²) in [5, 5.41) is 13.2. The summed E-state index contributed by atoms with van der Waals surface area (Å²) in [6, 6.07) is 12.7. The smallest absolute Gasteiger partial charge is 0.234 e. The lowest BCUT2D eigenvalue weighted by Gasteiger charge is -2.08. The fourth-order valence-corrected chi connectivity index (χ4v) is 3.75. The summed E-state index contributed by atoms with van der Waals surface area (Å²) in [6.07, 6.45) is 0. The van der Waals surface area contributed by atoms with E-state index < -0.39 is 0 Å². The lowest BCUT2D eigenvalue weighted by molar-refractivity contribution is -0.113. The highest BCUT2D eigenvalue weighted by atomic mass is 79.9. The number of benzene rings is 2. The molecule has 140 valence electrons. The number of amides is 1. The molecule has 0 fully saturated rings. The van der Waals surface area contributed by atoms with Crippen molar-refractivity contribution in [1.29, 1.82) is 0 Å². The van der Waals surface area contributed by atoms with E-state index in [1.54, 1.807) is 18.2 Å². The zero-order chi connectivity index (χ0) is 19.4. The van der Waals surface area contributed by atoms with Crippen molar-refractivity contribution in [3.63, 3.8) is 0 Å². The molecule has 1 aromatic heterocycles. The topological polar surface area (TPSA) is 59.8 Å². The first-order chi connectivity index (χ1) is 13.0. The van der Waals surface area contributed by atoms with Gasteiger partial charge in [0.25, 0.3) is 0 Å². The molecule has 0 spiro atoms. The third-order valence-corrected chi connectivity index (χ3v) is 6.12. The Bertz CT molecular complexity index is 962. The minimum absolute atomic E-state index is 0.142. The summed E-state index contributed by atoms with van der Waals surface area (Å²) in [5.41, 5.74) is 1.57. The Morgan fingerprint density at radius 3 is 2.59 bits per heavy atom. The molecule has 0 aliphatic carbocycles. The molecule has 3 rings (SSSR count). The molecule has 5 nitrogen and oxygen atoms in total. The van der Waals surface area contributed by atoms with Gasteiger partial charge in [-0.15, -0.1) is 10.2 Å². The van der Waals surface area contributed by atoms with Crippen LogP contribution < -0.4 is 5.32 Å². The van der Waals surface area contributed by atoms with Crippen molar-refractivity contribution in [2.24, 2.45) is 0 Å². The van der Waals surface area contributed by atoms with Crippen molar-refractivity contribution in [2.75, 3.05) is 11.1 Å². The average molecular weight is 486 g/mol. The summed E-state index contributed by atoms with van der Waals surface area (Å²) >= 11 is 16.7. The molecular formula is C18H15BrCl2N4OS. The van der Waals surface area contributed by atoms with Crippen LogP contribution in [0.2, 0.25) is 10.0 Å². The van der Waals surface area contributed by atoms with Crippen molar-refractivity contribution in [3.8, 4) is 11.4 Å². The van der Waals surface area contributed by atoms with Crippen LogP contribution in [-0.2, 0) is 11.3 Å². The van der Waals surface area contributed by atoms with Crippen molar-refractivity contribution >= 4 is 62.5 Å². The number of rotatable bonds is 6. The SMILES string of the molecule is CCn1c(SCC(=O)Nc2ccc(Br)c(Cl)c2)nnc1-c1ccc(Cl)cc1. The summed E-state index contributed by atoms with van der Waals surface area (Å²) in [6.45, 7) is 2.70. The summed E-state index contributed by atoms with van der Waals surface area (Å²) in [7, 11) is 0. The highest BCUT2D eigenvalue weighted by Crippen LogP contribution is 2.27. The Kier molecular flexibility index (Phi) is 6.81. The number of thioether (sulfide) groups is 1. The quantitative estimate of drug-likeness (QED) is 0.450. The first-order valence-corrected chi connectivity index (χ1v) is 10.6. The number of nitrogens with one attached hydrogen (secondary N) is 1. The van der Waals surface area contributed by atoms with Gasteiger partial charge >= 0.3 is 0 Å². The highest BCUT2D eigenvalue weighted by Gasteiger charge is 2.15. The van der Waals surface area contributed by atoms with Crippen LogP contribution in [0, 0.1) is 0 Å².